The Kier molecular flexibility index (Phi) is 5.51. The van der Waals surface area contributed by atoms with Crippen molar-refractivity contribution in [2.75, 3.05) is 21.1 Å². The van der Waals surface area contributed by atoms with Gasteiger partial charge in [-0.25, -0.2) is 17.1 Å². The molecule has 0 fully saturated rings. The van der Waals surface area contributed by atoms with E-state index in [9.17, 15) is 12.8 Å². The topological polar surface area (TPSA) is 40.6 Å². The normalized spacial score (nSPS) is 12.1. The summed E-state index contributed by atoms with van der Waals surface area (Å²) in [7, 11) is 1.55. The molecule has 4 nitrogen and oxygen atoms in total. The molecule has 2 aromatic rings. The molecular weight excluding hydrogens is 315 g/mol. The molecule has 0 saturated carbocycles. The SMILES string of the molecule is CN(Cc1ccc(F)cc1)Cc1cccc(S(=O)(=O)N(C)C)c1. The van der Waals surface area contributed by atoms with Gasteiger partial charge in [0.1, 0.15) is 5.82 Å². The van der Waals surface area contributed by atoms with Crippen LogP contribution in [-0.2, 0) is 23.1 Å². The Hall–Kier alpha value is -1.76. The quantitative estimate of drug-likeness (QED) is 0.814. The molecule has 0 N–H and O–H groups in total. The molecule has 0 aromatic heterocycles. The van der Waals surface area contributed by atoms with Crippen molar-refractivity contribution in [3.8, 4) is 0 Å². The van der Waals surface area contributed by atoms with E-state index in [-0.39, 0.29) is 10.7 Å². The highest BCUT2D eigenvalue weighted by Crippen LogP contribution is 2.16. The van der Waals surface area contributed by atoms with E-state index in [1.165, 1.54) is 30.5 Å². The molecule has 23 heavy (non-hydrogen) atoms. The maximum absolute atomic E-state index is 12.9. The second kappa shape index (κ2) is 7.21. The minimum absolute atomic E-state index is 0.252. The van der Waals surface area contributed by atoms with Crippen molar-refractivity contribution in [2.24, 2.45) is 0 Å². The fraction of sp³-hybridized carbons (Fsp3) is 0.294. The van der Waals surface area contributed by atoms with E-state index in [1.54, 1.807) is 30.3 Å². The minimum Gasteiger partial charge on any atom is -0.298 e. The van der Waals surface area contributed by atoms with E-state index >= 15 is 0 Å². The first-order valence-electron chi connectivity index (χ1n) is 7.23. The molecule has 124 valence electrons. The number of hydrogen-bond donors (Lipinski definition) is 0. The monoisotopic (exact) mass is 336 g/mol. The predicted octanol–water partition coefficient (Wildman–Crippen LogP) is 2.71. The summed E-state index contributed by atoms with van der Waals surface area (Å²) in [5.41, 5.74) is 1.92. The van der Waals surface area contributed by atoms with Crippen LogP contribution in [0, 0.1) is 5.82 Å². The first kappa shape index (κ1) is 17.6. The third-order valence-corrected chi connectivity index (χ3v) is 5.31. The smallest absolute Gasteiger partial charge is 0.242 e. The van der Waals surface area contributed by atoms with Crippen LogP contribution in [0.5, 0.6) is 0 Å². The van der Waals surface area contributed by atoms with Crippen LogP contribution in [0.3, 0.4) is 0 Å². The number of nitrogens with zero attached hydrogens (tertiary/aromatic N) is 2. The Morgan fingerprint density at radius 3 is 2.13 bits per heavy atom. The maximum atomic E-state index is 12.9. The zero-order valence-corrected chi connectivity index (χ0v) is 14.3. The summed E-state index contributed by atoms with van der Waals surface area (Å²) in [6.07, 6.45) is 0. The number of hydrogen-bond acceptors (Lipinski definition) is 3. The van der Waals surface area contributed by atoms with Crippen LogP contribution < -0.4 is 0 Å². The average Bonchev–Trinajstić information content (AvgIpc) is 2.49. The van der Waals surface area contributed by atoms with Crippen LogP contribution in [0.25, 0.3) is 0 Å². The zero-order valence-electron chi connectivity index (χ0n) is 13.5. The lowest BCUT2D eigenvalue weighted by atomic mass is 10.2. The van der Waals surface area contributed by atoms with Crippen molar-refractivity contribution in [3.63, 3.8) is 0 Å². The van der Waals surface area contributed by atoms with Crippen molar-refractivity contribution in [1.29, 1.82) is 0 Å². The molecule has 0 saturated heterocycles. The summed E-state index contributed by atoms with van der Waals surface area (Å²) < 4.78 is 38.5. The van der Waals surface area contributed by atoms with Gasteiger partial charge in [-0.15, -0.1) is 0 Å². The Bertz CT molecular complexity index is 758. The zero-order chi connectivity index (χ0) is 17.0. The fourth-order valence-electron chi connectivity index (χ4n) is 2.28. The Morgan fingerprint density at radius 1 is 0.913 bits per heavy atom. The number of rotatable bonds is 6. The summed E-state index contributed by atoms with van der Waals surface area (Å²) in [4.78, 5) is 2.34. The lowest BCUT2D eigenvalue weighted by Gasteiger charge is -2.18. The van der Waals surface area contributed by atoms with Crippen molar-refractivity contribution in [1.82, 2.24) is 9.21 Å². The largest absolute Gasteiger partial charge is 0.298 e. The molecule has 0 atom stereocenters. The molecule has 0 radical (unpaired) electrons. The van der Waals surface area contributed by atoms with Gasteiger partial charge in [-0.1, -0.05) is 24.3 Å². The fourth-order valence-corrected chi connectivity index (χ4v) is 3.26. The van der Waals surface area contributed by atoms with E-state index in [0.717, 1.165) is 11.1 Å². The first-order chi connectivity index (χ1) is 10.8. The van der Waals surface area contributed by atoms with E-state index in [4.69, 9.17) is 0 Å². The van der Waals surface area contributed by atoms with E-state index in [1.807, 2.05) is 13.1 Å². The van der Waals surface area contributed by atoms with Crippen molar-refractivity contribution < 1.29 is 12.8 Å². The molecule has 2 aromatic carbocycles. The highest BCUT2D eigenvalue weighted by Gasteiger charge is 2.17. The second-order valence-corrected chi connectivity index (χ2v) is 7.89. The van der Waals surface area contributed by atoms with Gasteiger partial charge < -0.3 is 0 Å². The highest BCUT2D eigenvalue weighted by atomic mass is 32.2. The number of benzene rings is 2. The number of sulfonamides is 1. The summed E-state index contributed by atoms with van der Waals surface area (Å²) in [5.74, 6) is -0.252. The predicted molar refractivity (Wildman–Crippen MR) is 88.9 cm³/mol. The minimum atomic E-state index is -3.43. The summed E-state index contributed by atoms with van der Waals surface area (Å²) in [6, 6.07) is 13.3. The van der Waals surface area contributed by atoms with Crippen LogP contribution in [0.2, 0.25) is 0 Å². The molecular formula is C17H21FN2O2S. The van der Waals surface area contributed by atoms with Gasteiger partial charge in [0.25, 0.3) is 0 Å². The summed E-state index contributed by atoms with van der Waals surface area (Å²) >= 11 is 0. The molecule has 0 bridgehead atoms. The van der Waals surface area contributed by atoms with Crippen LogP contribution in [-0.4, -0.2) is 38.8 Å². The molecule has 0 spiro atoms. The highest BCUT2D eigenvalue weighted by molar-refractivity contribution is 7.89. The molecule has 2 rings (SSSR count). The van der Waals surface area contributed by atoms with Crippen LogP contribution in [0.15, 0.2) is 53.4 Å². The van der Waals surface area contributed by atoms with Crippen LogP contribution in [0.1, 0.15) is 11.1 Å². The van der Waals surface area contributed by atoms with E-state index in [0.29, 0.717) is 13.1 Å². The molecule has 0 amide bonds. The molecule has 0 aliphatic carbocycles. The van der Waals surface area contributed by atoms with Gasteiger partial charge in [-0.3, -0.25) is 4.90 Å². The molecule has 6 heteroatoms. The lowest BCUT2D eigenvalue weighted by molar-refractivity contribution is 0.318. The van der Waals surface area contributed by atoms with Gasteiger partial charge in [-0.2, -0.15) is 0 Å². The Balaban J connectivity index is 2.09. The lowest BCUT2D eigenvalue weighted by Crippen LogP contribution is -2.22. The van der Waals surface area contributed by atoms with Crippen molar-refractivity contribution >= 4 is 10.0 Å². The third kappa shape index (κ3) is 4.60. The van der Waals surface area contributed by atoms with E-state index < -0.39 is 10.0 Å². The third-order valence-electron chi connectivity index (χ3n) is 3.50. The molecule has 0 aliphatic heterocycles. The van der Waals surface area contributed by atoms with Crippen LogP contribution in [0.4, 0.5) is 4.39 Å². The standard InChI is InChI=1S/C17H21FN2O2S/c1-19(2)23(21,22)17-6-4-5-15(11-17)13-20(3)12-14-7-9-16(18)10-8-14/h4-11H,12-13H2,1-3H3. The van der Waals surface area contributed by atoms with Gasteiger partial charge in [0.2, 0.25) is 10.0 Å². The van der Waals surface area contributed by atoms with Gasteiger partial charge in [-0.05, 0) is 42.4 Å². The molecule has 0 aliphatic rings. The number of halogens is 1. The summed E-state index contributed by atoms with van der Waals surface area (Å²) in [5, 5.41) is 0. The first-order valence-corrected chi connectivity index (χ1v) is 8.67. The molecule has 0 unspecified atom stereocenters. The van der Waals surface area contributed by atoms with Crippen molar-refractivity contribution in [3.05, 3.63) is 65.5 Å². The maximum Gasteiger partial charge on any atom is 0.242 e. The summed E-state index contributed by atoms with van der Waals surface area (Å²) in [6.45, 7) is 1.26. The molecule has 0 heterocycles. The average molecular weight is 336 g/mol. The van der Waals surface area contributed by atoms with Gasteiger partial charge in [0.15, 0.2) is 0 Å². The second-order valence-electron chi connectivity index (χ2n) is 5.73. The van der Waals surface area contributed by atoms with Gasteiger partial charge in [0, 0.05) is 27.2 Å². The van der Waals surface area contributed by atoms with Gasteiger partial charge in [0.05, 0.1) is 4.90 Å². The van der Waals surface area contributed by atoms with Gasteiger partial charge >= 0.3 is 0 Å². The van der Waals surface area contributed by atoms with Crippen LogP contribution >= 0.6 is 0 Å². The van der Waals surface area contributed by atoms with E-state index in [2.05, 4.69) is 4.90 Å². The van der Waals surface area contributed by atoms with Crippen molar-refractivity contribution in [2.45, 2.75) is 18.0 Å². The Labute approximate surface area is 137 Å². The Morgan fingerprint density at radius 2 is 1.52 bits per heavy atom.